The van der Waals surface area contributed by atoms with Gasteiger partial charge in [0, 0.05) is 5.56 Å². The number of benzene rings is 2. The first kappa shape index (κ1) is 13.2. The van der Waals surface area contributed by atoms with E-state index in [1.165, 1.54) is 0 Å². The molecular formula is C17H17N3O. The first-order chi connectivity index (χ1) is 10.2. The van der Waals surface area contributed by atoms with Gasteiger partial charge in [0.2, 0.25) is 0 Å². The summed E-state index contributed by atoms with van der Waals surface area (Å²) in [7, 11) is 0. The second-order valence-corrected chi connectivity index (χ2v) is 4.95. The molecule has 3 N–H and O–H groups in total. The molecule has 0 aliphatic rings. The van der Waals surface area contributed by atoms with E-state index in [0.29, 0.717) is 12.4 Å². The van der Waals surface area contributed by atoms with Crippen LogP contribution in [-0.4, -0.2) is 10.2 Å². The third-order valence-corrected chi connectivity index (χ3v) is 3.39. The van der Waals surface area contributed by atoms with Crippen molar-refractivity contribution in [3.8, 4) is 16.9 Å². The van der Waals surface area contributed by atoms with E-state index in [0.717, 1.165) is 28.0 Å². The highest BCUT2D eigenvalue weighted by Crippen LogP contribution is 2.29. The lowest BCUT2D eigenvalue weighted by Gasteiger charge is -2.10. The van der Waals surface area contributed by atoms with Crippen molar-refractivity contribution in [2.24, 2.45) is 0 Å². The van der Waals surface area contributed by atoms with Crippen molar-refractivity contribution in [3.63, 3.8) is 0 Å². The summed E-state index contributed by atoms with van der Waals surface area (Å²) >= 11 is 0. The molecule has 2 aromatic carbocycles. The van der Waals surface area contributed by atoms with Gasteiger partial charge in [0.15, 0.2) is 0 Å². The molecule has 3 aromatic rings. The fourth-order valence-corrected chi connectivity index (χ4v) is 2.24. The predicted octanol–water partition coefficient (Wildman–Crippen LogP) is 3.55. The van der Waals surface area contributed by atoms with Gasteiger partial charge in [-0.1, -0.05) is 36.4 Å². The second-order valence-electron chi connectivity index (χ2n) is 4.95. The summed E-state index contributed by atoms with van der Waals surface area (Å²) in [5, 5.41) is 6.69. The molecule has 0 spiro atoms. The third kappa shape index (κ3) is 2.89. The Morgan fingerprint density at radius 2 is 1.95 bits per heavy atom. The van der Waals surface area contributed by atoms with Crippen molar-refractivity contribution in [1.29, 1.82) is 0 Å². The number of rotatable bonds is 4. The maximum absolute atomic E-state index is 5.87. The van der Waals surface area contributed by atoms with Gasteiger partial charge in [0.25, 0.3) is 0 Å². The number of ether oxygens (including phenoxy) is 1. The molecule has 21 heavy (non-hydrogen) atoms. The molecule has 0 amide bonds. The van der Waals surface area contributed by atoms with Crippen molar-refractivity contribution in [2.45, 2.75) is 13.5 Å². The van der Waals surface area contributed by atoms with Crippen LogP contribution >= 0.6 is 0 Å². The fourth-order valence-electron chi connectivity index (χ4n) is 2.24. The summed E-state index contributed by atoms with van der Waals surface area (Å²) in [4.78, 5) is 0. The van der Waals surface area contributed by atoms with Crippen LogP contribution in [-0.2, 0) is 6.61 Å². The van der Waals surface area contributed by atoms with Crippen molar-refractivity contribution in [1.82, 2.24) is 10.2 Å². The van der Waals surface area contributed by atoms with Gasteiger partial charge in [-0.2, -0.15) is 5.10 Å². The molecule has 4 heteroatoms. The lowest BCUT2D eigenvalue weighted by molar-refractivity contribution is 0.304. The standard InChI is InChI=1S/C17H17N3O/c1-12-9-14(15-10-19-20-17(15)18)7-8-16(12)21-11-13-5-3-2-4-6-13/h2-10H,11H2,1H3,(H3,18,19,20). The van der Waals surface area contributed by atoms with Crippen LogP contribution in [0.3, 0.4) is 0 Å². The number of H-pyrrole nitrogens is 1. The Morgan fingerprint density at radius 1 is 1.14 bits per heavy atom. The number of aryl methyl sites for hydroxylation is 1. The van der Waals surface area contributed by atoms with E-state index in [9.17, 15) is 0 Å². The zero-order valence-corrected chi connectivity index (χ0v) is 11.8. The minimum atomic E-state index is 0.564. The molecule has 0 unspecified atom stereocenters. The number of anilines is 1. The Kier molecular flexibility index (Phi) is 3.60. The van der Waals surface area contributed by atoms with Gasteiger partial charge in [-0.25, -0.2) is 0 Å². The average Bonchev–Trinajstić information content (AvgIpc) is 2.93. The first-order valence-electron chi connectivity index (χ1n) is 6.80. The van der Waals surface area contributed by atoms with E-state index in [2.05, 4.69) is 28.4 Å². The maximum Gasteiger partial charge on any atom is 0.126 e. The van der Waals surface area contributed by atoms with E-state index < -0.39 is 0 Å². The molecule has 1 aromatic heterocycles. The number of nitrogens with one attached hydrogen (secondary N) is 1. The SMILES string of the molecule is Cc1cc(-c2cn[nH]c2N)ccc1OCc1ccccc1. The lowest BCUT2D eigenvalue weighted by Crippen LogP contribution is -1.97. The molecule has 0 aliphatic heterocycles. The number of nitrogen functional groups attached to an aromatic ring is 1. The van der Waals surface area contributed by atoms with E-state index in [-0.39, 0.29) is 0 Å². The molecule has 106 valence electrons. The minimum absolute atomic E-state index is 0.564. The van der Waals surface area contributed by atoms with Gasteiger partial charge in [-0.15, -0.1) is 0 Å². The highest BCUT2D eigenvalue weighted by atomic mass is 16.5. The Labute approximate surface area is 123 Å². The monoisotopic (exact) mass is 279 g/mol. The maximum atomic E-state index is 5.87. The molecule has 3 rings (SSSR count). The molecule has 4 nitrogen and oxygen atoms in total. The van der Waals surface area contributed by atoms with Crippen LogP contribution in [0.25, 0.3) is 11.1 Å². The summed E-state index contributed by atoms with van der Waals surface area (Å²) in [6, 6.07) is 16.1. The minimum Gasteiger partial charge on any atom is -0.489 e. The molecule has 1 heterocycles. The highest BCUT2D eigenvalue weighted by molar-refractivity contribution is 5.74. The van der Waals surface area contributed by atoms with Gasteiger partial charge < -0.3 is 10.5 Å². The number of nitrogens with two attached hydrogens (primary N) is 1. The normalized spacial score (nSPS) is 10.5. The van der Waals surface area contributed by atoms with Crippen LogP contribution in [0, 0.1) is 6.92 Å². The Morgan fingerprint density at radius 3 is 2.62 bits per heavy atom. The number of hydrogen-bond acceptors (Lipinski definition) is 3. The zero-order chi connectivity index (χ0) is 14.7. The van der Waals surface area contributed by atoms with E-state index in [4.69, 9.17) is 10.5 Å². The number of nitrogens with zero attached hydrogens (tertiary/aromatic N) is 1. The number of aromatic nitrogens is 2. The van der Waals surface area contributed by atoms with E-state index >= 15 is 0 Å². The molecule has 0 radical (unpaired) electrons. The molecule has 0 fully saturated rings. The second kappa shape index (κ2) is 5.71. The first-order valence-corrected chi connectivity index (χ1v) is 6.80. The summed E-state index contributed by atoms with van der Waals surface area (Å²) in [6.07, 6.45) is 1.73. The smallest absolute Gasteiger partial charge is 0.126 e. The summed E-state index contributed by atoms with van der Waals surface area (Å²) < 4.78 is 5.87. The third-order valence-electron chi connectivity index (χ3n) is 3.39. The van der Waals surface area contributed by atoms with Crippen LogP contribution in [0.4, 0.5) is 5.82 Å². The van der Waals surface area contributed by atoms with E-state index in [1.807, 2.05) is 37.3 Å². The van der Waals surface area contributed by atoms with Crippen molar-refractivity contribution >= 4 is 5.82 Å². The van der Waals surface area contributed by atoms with Crippen molar-refractivity contribution in [2.75, 3.05) is 5.73 Å². The molecule has 0 saturated heterocycles. The largest absolute Gasteiger partial charge is 0.489 e. The van der Waals surface area contributed by atoms with Crippen LogP contribution in [0.5, 0.6) is 5.75 Å². The lowest BCUT2D eigenvalue weighted by atomic mass is 10.1. The summed E-state index contributed by atoms with van der Waals surface area (Å²) in [5.41, 5.74) is 10.0. The average molecular weight is 279 g/mol. The van der Waals surface area contributed by atoms with Crippen LogP contribution in [0.15, 0.2) is 54.7 Å². The van der Waals surface area contributed by atoms with E-state index in [1.54, 1.807) is 6.20 Å². The Bertz CT molecular complexity index is 735. The highest BCUT2D eigenvalue weighted by Gasteiger charge is 2.07. The zero-order valence-electron chi connectivity index (χ0n) is 11.8. The van der Waals surface area contributed by atoms with Gasteiger partial charge >= 0.3 is 0 Å². The topological polar surface area (TPSA) is 63.9 Å². The van der Waals surface area contributed by atoms with Crippen molar-refractivity contribution < 1.29 is 4.74 Å². The molecule has 0 saturated carbocycles. The summed E-state index contributed by atoms with van der Waals surface area (Å²) in [5.74, 6) is 1.46. The van der Waals surface area contributed by atoms with Crippen LogP contribution in [0.1, 0.15) is 11.1 Å². The quantitative estimate of drug-likeness (QED) is 0.767. The van der Waals surface area contributed by atoms with Gasteiger partial charge in [-0.3, -0.25) is 5.10 Å². The summed E-state index contributed by atoms with van der Waals surface area (Å²) in [6.45, 7) is 2.59. The van der Waals surface area contributed by atoms with Crippen LogP contribution < -0.4 is 10.5 Å². The predicted molar refractivity (Wildman–Crippen MR) is 83.9 cm³/mol. The van der Waals surface area contributed by atoms with Gasteiger partial charge in [-0.05, 0) is 35.7 Å². The fraction of sp³-hybridized carbons (Fsp3) is 0.118. The molecular weight excluding hydrogens is 262 g/mol. The van der Waals surface area contributed by atoms with Crippen molar-refractivity contribution in [3.05, 3.63) is 65.9 Å². The van der Waals surface area contributed by atoms with Gasteiger partial charge in [0.05, 0.1) is 6.20 Å². The Balaban J connectivity index is 1.77. The molecule has 0 aliphatic carbocycles. The number of hydrogen-bond donors (Lipinski definition) is 2. The molecule has 0 bridgehead atoms. The number of aromatic amines is 1. The Hall–Kier alpha value is -2.75. The molecule has 0 atom stereocenters. The van der Waals surface area contributed by atoms with Crippen LogP contribution in [0.2, 0.25) is 0 Å². The van der Waals surface area contributed by atoms with Gasteiger partial charge in [0.1, 0.15) is 18.2 Å².